The summed E-state index contributed by atoms with van der Waals surface area (Å²) in [6, 6.07) is 14.9. The zero-order valence-electron chi connectivity index (χ0n) is 18.0. The topological polar surface area (TPSA) is 79.4 Å². The van der Waals surface area contributed by atoms with Gasteiger partial charge in [0.2, 0.25) is 5.91 Å². The van der Waals surface area contributed by atoms with E-state index in [9.17, 15) is 13.2 Å². The van der Waals surface area contributed by atoms with Crippen LogP contribution in [0.3, 0.4) is 0 Å². The summed E-state index contributed by atoms with van der Waals surface area (Å²) in [6.07, 6.45) is 6.43. The average Bonchev–Trinajstić information content (AvgIpc) is 3.43. The second kappa shape index (κ2) is 9.83. The van der Waals surface area contributed by atoms with Gasteiger partial charge in [-0.3, -0.25) is 9.52 Å². The minimum absolute atomic E-state index is 0.0484. The molecule has 8 heteroatoms. The SMILES string of the molecule is CCCCc1ccccc1C[C@@H]1CCN(c2ccc(S(=O)(=O)Nc3nccs3)cc2)C1=O. The van der Waals surface area contributed by atoms with Crippen molar-refractivity contribution in [3.63, 3.8) is 0 Å². The highest BCUT2D eigenvalue weighted by Gasteiger charge is 2.33. The summed E-state index contributed by atoms with van der Waals surface area (Å²) in [5.41, 5.74) is 3.32. The molecule has 1 aliphatic rings. The average molecular weight is 470 g/mol. The van der Waals surface area contributed by atoms with Crippen LogP contribution in [0.5, 0.6) is 0 Å². The summed E-state index contributed by atoms with van der Waals surface area (Å²) in [5.74, 6) is 0.0552. The molecule has 4 rings (SSSR count). The number of sulfonamides is 1. The summed E-state index contributed by atoms with van der Waals surface area (Å²) in [4.78, 5) is 19.0. The molecule has 3 aromatic rings. The molecular weight excluding hydrogens is 442 g/mol. The molecule has 32 heavy (non-hydrogen) atoms. The highest BCUT2D eigenvalue weighted by atomic mass is 32.2. The lowest BCUT2D eigenvalue weighted by atomic mass is 9.92. The van der Waals surface area contributed by atoms with Gasteiger partial charge in [0.05, 0.1) is 4.90 Å². The van der Waals surface area contributed by atoms with E-state index in [4.69, 9.17) is 0 Å². The number of carbonyl (C=O) groups excluding carboxylic acids is 1. The molecular formula is C24H27N3O3S2. The Morgan fingerprint density at radius 2 is 1.88 bits per heavy atom. The molecule has 1 fully saturated rings. The molecule has 6 nitrogen and oxygen atoms in total. The number of amides is 1. The van der Waals surface area contributed by atoms with Gasteiger partial charge in [0, 0.05) is 29.7 Å². The number of carbonyl (C=O) groups is 1. The van der Waals surface area contributed by atoms with Crippen molar-refractivity contribution in [3.8, 4) is 0 Å². The van der Waals surface area contributed by atoms with Gasteiger partial charge in [-0.15, -0.1) is 11.3 Å². The van der Waals surface area contributed by atoms with Crippen LogP contribution in [0.4, 0.5) is 10.8 Å². The molecule has 1 saturated heterocycles. The van der Waals surface area contributed by atoms with E-state index in [-0.39, 0.29) is 16.7 Å². The molecule has 1 aromatic heterocycles. The molecule has 1 atom stereocenters. The highest BCUT2D eigenvalue weighted by molar-refractivity contribution is 7.93. The lowest BCUT2D eigenvalue weighted by Gasteiger charge is -2.18. The molecule has 0 saturated carbocycles. The van der Waals surface area contributed by atoms with Crippen molar-refractivity contribution < 1.29 is 13.2 Å². The van der Waals surface area contributed by atoms with E-state index < -0.39 is 10.0 Å². The van der Waals surface area contributed by atoms with Crippen molar-refractivity contribution in [2.75, 3.05) is 16.2 Å². The Morgan fingerprint density at radius 1 is 1.12 bits per heavy atom. The van der Waals surface area contributed by atoms with Crippen molar-refractivity contribution in [2.24, 2.45) is 5.92 Å². The van der Waals surface area contributed by atoms with Crippen molar-refractivity contribution in [2.45, 2.75) is 43.9 Å². The van der Waals surface area contributed by atoms with Gasteiger partial charge < -0.3 is 4.90 Å². The molecule has 1 aliphatic heterocycles. The summed E-state index contributed by atoms with van der Waals surface area (Å²) >= 11 is 1.22. The summed E-state index contributed by atoms with van der Waals surface area (Å²) < 4.78 is 27.5. The smallest absolute Gasteiger partial charge is 0.263 e. The Kier molecular flexibility index (Phi) is 6.91. The fraction of sp³-hybridized carbons (Fsp3) is 0.333. The number of hydrogen-bond donors (Lipinski definition) is 1. The molecule has 0 spiro atoms. The largest absolute Gasteiger partial charge is 0.312 e. The van der Waals surface area contributed by atoms with Crippen LogP contribution in [0.15, 0.2) is 65.0 Å². The number of benzene rings is 2. The summed E-state index contributed by atoms with van der Waals surface area (Å²) in [7, 11) is -3.71. The van der Waals surface area contributed by atoms with Crippen LogP contribution < -0.4 is 9.62 Å². The Balaban J connectivity index is 1.44. The fourth-order valence-corrected chi connectivity index (χ4v) is 5.86. The second-order valence-corrected chi connectivity index (χ2v) is 10.6. The Hall–Kier alpha value is -2.71. The van der Waals surface area contributed by atoms with Crippen LogP contribution in [0.2, 0.25) is 0 Å². The minimum atomic E-state index is -3.71. The Morgan fingerprint density at radius 3 is 2.56 bits per heavy atom. The zero-order valence-corrected chi connectivity index (χ0v) is 19.7. The third-order valence-electron chi connectivity index (χ3n) is 5.81. The standard InChI is InChI=1S/C24H27N3O3S2/c1-2-3-6-18-7-4-5-8-19(18)17-20-13-15-27(23(20)28)21-9-11-22(12-10-21)32(29,30)26-24-25-14-16-31-24/h4-5,7-12,14,16,20H,2-3,6,13,15,17H2,1H3,(H,25,26)/t20-/m0/s1. The lowest BCUT2D eigenvalue weighted by molar-refractivity contribution is -0.120. The van der Waals surface area contributed by atoms with Crippen LogP contribution >= 0.6 is 11.3 Å². The number of unbranched alkanes of at least 4 members (excludes halogenated alkanes) is 1. The van der Waals surface area contributed by atoms with Gasteiger partial charge >= 0.3 is 0 Å². The fourth-order valence-electron chi connectivity index (χ4n) is 4.07. The van der Waals surface area contributed by atoms with Gasteiger partial charge in [0.25, 0.3) is 10.0 Å². The maximum atomic E-state index is 13.1. The zero-order chi connectivity index (χ0) is 22.6. The summed E-state index contributed by atoms with van der Waals surface area (Å²) in [5, 5.41) is 2.03. The van der Waals surface area contributed by atoms with E-state index in [2.05, 4.69) is 34.8 Å². The molecule has 168 valence electrons. The third kappa shape index (κ3) is 5.02. The predicted molar refractivity (Wildman–Crippen MR) is 129 cm³/mol. The van der Waals surface area contributed by atoms with Crippen LogP contribution in [0, 0.1) is 5.92 Å². The van der Waals surface area contributed by atoms with Gasteiger partial charge in [-0.05, 0) is 61.1 Å². The van der Waals surface area contributed by atoms with E-state index >= 15 is 0 Å². The van der Waals surface area contributed by atoms with Crippen LogP contribution in [-0.4, -0.2) is 25.9 Å². The van der Waals surface area contributed by atoms with E-state index in [1.165, 1.54) is 34.6 Å². The minimum Gasteiger partial charge on any atom is -0.312 e. The maximum absolute atomic E-state index is 13.1. The molecule has 2 aromatic carbocycles. The maximum Gasteiger partial charge on any atom is 0.263 e. The first-order valence-corrected chi connectivity index (χ1v) is 13.2. The van der Waals surface area contributed by atoms with Gasteiger partial charge in [-0.2, -0.15) is 0 Å². The third-order valence-corrected chi connectivity index (χ3v) is 7.99. The number of nitrogens with zero attached hydrogens (tertiary/aromatic N) is 2. The predicted octanol–water partition coefficient (Wildman–Crippen LogP) is 4.88. The monoisotopic (exact) mass is 469 g/mol. The molecule has 1 N–H and O–H groups in total. The van der Waals surface area contributed by atoms with E-state index in [1.807, 2.05) is 6.07 Å². The number of anilines is 2. The van der Waals surface area contributed by atoms with Crippen molar-refractivity contribution in [1.29, 1.82) is 0 Å². The van der Waals surface area contributed by atoms with E-state index in [0.29, 0.717) is 11.7 Å². The molecule has 1 amide bonds. The quantitative estimate of drug-likeness (QED) is 0.484. The van der Waals surface area contributed by atoms with Gasteiger partial charge in [-0.1, -0.05) is 37.6 Å². The van der Waals surface area contributed by atoms with Crippen LogP contribution in [0.1, 0.15) is 37.3 Å². The number of aryl methyl sites for hydroxylation is 1. The molecule has 2 heterocycles. The van der Waals surface area contributed by atoms with Crippen molar-refractivity contribution >= 4 is 38.1 Å². The molecule has 0 unspecified atom stereocenters. The molecule has 0 radical (unpaired) electrons. The van der Waals surface area contributed by atoms with Gasteiger partial charge in [0.1, 0.15) is 0 Å². The highest BCUT2D eigenvalue weighted by Crippen LogP contribution is 2.30. The van der Waals surface area contributed by atoms with Gasteiger partial charge in [-0.25, -0.2) is 13.4 Å². The first kappa shape index (κ1) is 22.5. The number of thiazole rings is 1. The van der Waals surface area contributed by atoms with Gasteiger partial charge in [0.15, 0.2) is 5.13 Å². The van der Waals surface area contributed by atoms with Crippen LogP contribution in [-0.2, 0) is 27.7 Å². The van der Waals surface area contributed by atoms with E-state index in [1.54, 1.807) is 28.6 Å². The first-order valence-electron chi connectivity index (χ1n) is 10.9. The van der Waals surface area contributed by atoms with Crippen LogP contribution in [0.25, 0.3) is 0 Å². The second-order valence-electron chi connectivity index (χ2n) is 7.99. The van der Waals surface area contributed by atoms with E-state index in [0.717, 1.165) is 37.8 Å². The normalized spacial score (nSPS) is 16.5. The number of nitrogens with one attached hydrogen (secondary N) is 1. The number of aromatic nitrogens is 1. The lowest BCUT2D eigenvalue weighted by Crippen LogP contribution is -2.27. The Labute approximate surface area is 193 Å². The number of hydrogen-bond acceptors (Lipinski definition) is 5. The van der Waals surface area contributed by atoms with Crippen molar-refractivity contribution in [1.82, 2.24) is 4.98 Å². The molecule has 0 bridgehead atoms. The number of rotatable bonds is 9. The van der Waals surface area contributed by atoms with Crippen molar-refractivity contribution in [3.05, 3.63) is 71.2 Å². The molecule has 0 aliphatic carbocycles. The summed E-state index contributed by atoms with van der Waals surface area (Å²) in [6.45, 7) is 2.83. The first-order chi connectivity index (χ1) is 15.5. The Bertz CT molecular complexity index is 1160.